The first-order valence-electron chi connectivity index (χ1n) is 5.68. The number of furan rings is 1. The fourth-order valence-corrected chi connectivity index (χ4v) is 1.97. The van der Waals surface area contributed by atoms with Crippen molar-refractivity contribution in [3.63, 3.8) is 0 Å². The van der Waals surface area contributed by atoms with Crippen LogP contribution in [0.25, 0.3) is 11.0 Å². The van der Waals surface area contributed by atoms with Gasteiger partial charge in [-0.2, -0.15) is 0 Å². The lowest BCUT2D eigenvalue weighted by molar-refractivity contribution is 0.0694. The first kappa shape index (κ1) is 12.5. The Morgan fingerprint density at radius 2 is 2.15 bits per heavy atom. The van der Waals surface area contributed by atoms with Gasteiger partial charge in [-0.15, -0.1) is 0 Å². The highest BCUT2D eigenvalue weighted by molar-refractivity contribution is 6.30. The third-order valence-electron chi connectivity index (χ3n) is 2.72. The van der Waals surface area contributed by atoms with E-state index in [0.29, 0.717) is 16.0 Å². The number of pyridine rings is 1. The minimum atomic E-state index is -1.10. The SMILES string of the molecule is O=C(O)c1ccc(Cl)cc1Oc1nccc2occc12. The van der Waals surface area contributed by atoms with E-state index in [9.17, 15) is 4.79 Å². The molecule has 0 amide bonds. The van der Waals surface area contributed by atoms with Crippen LogP contribution in [0.3, 0.4) is 0 Å². The topological polar surface area (TPSA) is 72.6 Å². The maximum atomic E-state index is 11.2. The lowest BCUT2D eigenvalue weighted by Crippen LogP contribution is -2.00. The number of carbonyl (C=O) groups is 1. The summed E-state index contributed by atoms with van der Waals surface area (Å²) in [5.41, 5.74) is 0.616. The zero-order chi connectivity index (χ0) is 14.1. The summed E-state index contributed by atoms with van der Waals surface area (Å²) in [6.45, 7) is 0. The minimum absolute atomic E-state index is 0.0108. The molecule has 3 aromatic rings. The van der Waals surface area contributed by atoms with E-state index >= 15 is 0 Å². The van der Waals surface area contributed by atoms with Crippen LogP contribution in [0.4, 0.5) is 0 Å². The van der Waals surface area contributed by atoms with Gasteiger partial charge >= 0.3 is 5.97 Å². The molecule has 0 saturated carbocycles. The summed E-state index contributed by atoms with van der Waals surface area (Å²) < 4.78 is 10.8. The smallest absolute Gasteiger partial charge is 0.339 e. The van der Waals surface area contributed by atoms with Gasteiger partial charge in [0.1, 0.15) is 16.9 Å². The molecule has 0 unspecified atom stereocenters. The molecule has 0 saturated heterocycles. The molecule has 0 radical (unpaired) electrons. The number of hydrogen-bond donors (Lipinski definition) is 1. The predicted octanol–water partition coefficient (Wildman–Crippen LogP) is 3.97. The molecule has 0 bridgehead atoms. The second-order valence-corrected chi connectivity index (χ2v) is 4.43. The molecule has 0 fully saturated rings. The van der Waals surface area contributed by atoms with Crippen LogP contribution in [0.15, 0.2) is 47.2 Å². The molecule has 0 aliphatic heterocycles. The van der Waals surface area contributed by atoms with Gasteiger partial charge in [-0.1, -0.05) is 11.6 Å². The number of aromatic nitrogens is 1. The number of halogens is 1. The first-order chi connectivity index (χ1) is 9.65. The van der Waals surface area contributed by atoms with E-state index < -0.39 is 5.97 Å². The molecule has 6 heteroatoms. The van der Waals surface area contributed by atoms with Crippen LogP contribution in [0.2, 0.25) is 5.02 Å². The van der Waals surface area contributed by atoms with E-state index in [1.807, 2.05) is 0 Å². The van der Waals surface area contributed by atoms with Crippen molar-refractivity contribution in [3.8, 4) is 11.6 Å². The van der Waals surface area contributed by atoms with Gasteiger partial charge in [0.05, 0.1) is 11.6 Å². The number of nitrogens with zero attached hydrogens (tertiary/aromatic N) is 1. The summed E-state index contributed by atoms with van der Waals surface area (Å²) in [7, 11) is 0. The molecule has 1 aromatic carbocycles. The largest absolute Gasteiger partial charge is 0.478 e. The number of carboxylic acid groups (broad SMARTS) is 1. The fourth-order valence-electron chi connectivity index (χ4n) is 1.81. The van der Waals surface area contributed by atoms with Gasteiger partial charge < -0.3 is 14.3 Å². The van der Waals surface area contributed by atoms with Gasteiger partial charge in [-0.3, -0.25) is 0 Å². The monoisotopic (exact) mass is 289 g/mol. The second-order valence-electron chi connectivity index (χ2n) is 4.00. The average molecular weight is 290 g/mol. The number of benzene rings is 1. The molecule has 1 N–H and O–H groups in total. The Bertz CT molecular complexity index is 797. The number of aromatic carboxylic acids is 1. The van der Waals surface area contributed by atoms with Gasteiger partial charge in [0.25, 0.3) is 0 Å². The number of carboxylic acids is 1. The summed E-state index contributed by atoms with van der Waals surface area (Å²) in [6.07, 6.45) is 3.03. The van der Waals surface area contributed by atoms with Crippen LogP contribution in [-0.4, -0.2) is 16.1 Å². The fraction of sp³-hybridized carbons (Fsp3) is 0. The van der Waals surface area contributed by atoms with E-state index in [2.05, 4.69) is 4.98 Å². The molecule has 0 atom stereocenters. The predicted molar refractivity (Wildman–Crippen MR) is 72.5 cm³/mol. The van der Waals surface area contributed by atoms with E-state index in [4.69, 9.17) is 25.9 Å². The third kappa shape index (κ3) is 2.19. The van der Waals surface area contributed by atoms with Crippen molar-refractivity contribution in [1.29, 1.82) is 0 Å². The molecular weight excluding hydrogens is 282 g/mol. The number of hydrogen-bond acceptors (Lipinski definition) is 4. The molecule has 2 heterocycles. The third-order valence-corrected chi connectivity index (χ3v) is 2.96. The molecule has 2 aromatic heterocycles. The van der Waals surface area contributed by atoms with Crippen molar-refractivity contribution in [3.05, 3.63) is 53.4 Å². The quantitative estimate of drug-likeness (QED) is 0.789. The van der Waals surface area contributed by atoms with Crippen LogP contribution in [0.5, 0.6) is 11.6 Å². The van der Waals surface area contributed by atoms with Crippen molar-refractivity contribution >= 4 is 28.5 Å². The second kappa shape index (κ2) is 4.86. The van der Waals surface area contributed by atoms with Gasteiger partial charge in [-0.05, 0) is 24.3 Å². The Morgan fingerprint density at radius 3 is 2.95 bits per heavy atom. The van der Waals surface area contributed by atoms with Crippen molar-refractivity contribution in [2.75, 3.05) is 0 Å². The highest BCUT2D eigenvalue weighted by atomic mass is 35.5. The summed E-state index contributed by atoms with van der Waals surface area (Å²) in [5, 5.41) is 10.2. The molecule has 0 aliphatic carbocycles. The van der Waals surface area contributed by atoms with Gasteiger partial charge in [0.15, 0.2) is 0 Å². The van der Waals surface area contributed by atoms with Crippen molar-refractivity contribution < 1.29 is 19.1 Å². The van der Waals surface area contributed by atoms with Crippen molar-refractivity contribution in [2.24, 2.45) is 0 Å². The van der Waals surface area contributed by atoms with Crippen molar-refractivity contribution in [1.82, 2.24) is 4.98 Å². The number of ether oxygens (including phenoxy) is 1. The lowest BCUT2D eigenvalue weighted by atomic mass is 10.2. The van der Waals surface area contributed by atoms with E-state index in [1.165, 1.54) is 30.7 Å². The van der Waals surface area contributed by atoms with E-state index in [1.54, 1.807) is 12.1 Å². The molecule has 0 aliphatic rings. The van der Waals surface area contributed by atoms with Crippen LogP contribution in [0.1, 0.15) is 10.4 Å². The lowest BCUT2D eigenvalue weighted by Gasteiger charge is -2.08. The number of rotatable bonds is 3. The molecule has 0 spiro atoms. The van der Waals surface area contributed by atoms with E-state index in [-0.39, 0.29) is 17.2 Å². The molecule has 5 nitrogen and oxygen atoms in total. The molecule has 3 rings (SSSR count). The Balaban J connectivity index is 2.09. The van der Waals surface area contributed by atoms with Crippen LogP contribution < -0.4 is 4.74 Å². The maximum Gasteiger partial charge on any atom is 0.339 e. The summed E-state index contributed by atoms with van der Waals surface area (Å²) in [4.78, 5) is 15.3. The van der Waals surface area contributed by atoms with Crippen LogP contribution in [-0.2, 0) is 0 Å². The Morgan fingerprint density at radius 1 is 1.30 bits per heavy atom. The zero-order valence-electron chi connectivity index (χ0n) is 10.0. The number of fused-ring (bicyclic) bond motifs is 1. The summed E-state index contributed by atoms with van der Waals surface area (Å²) in [5.74, 6) is -0.705. The summed E-state index contributed by atoms with van der Waals surface area (Å²) in [6, 6.07) is 7.70. The zero-order valence-corrected chi connectivity index (χ0v) is 10.8. The Hall–Kier alpha value is -2.53. The highest BCUT2D eigenvalue weighted by Gasteiger charge is 2.15. The van der Waals surface area contributed by atoms with Crippen molar-refractivity contribution in [2.45, 2.75) is 0 Å². The standard InChI is InChI=1S/C14H8ClNO4/c15-8-1-2-10(14(17)18)12(7-8)20-13-9-4-6-19-11(9)3-5-16-13/h1-7H,(H,17,18). The Labute approximate surface area is 118 Å². The van der Waals surface area contributed by atoms with Gasteiger partial charge in [0, 0.05) is 17.3 Å². The minimum Gasteiger partial charge on any atom is -0.478 e. The molecule has 20 heavy (non-hydrogen) atoms. The highest BCUT2D eigenvalue weighted by Crippen LogP contribution is 2.31. The molecular formula is C14H8ClNO4. The van der Waals surface area contributed by atoms with Gasteiger partial charge in [0.2, 0.25) is 5.88 Å². The van der Waals surface area contributed by atoms with Crippen LogP contribution >= 0.6 is 11.6 Å². The van der Waals surface area contributed by atoms with Crippen LogP contribution in [0, 0.1) is 0 Å². The molecule has 100 valence electrons. The van der Waals surface area contributed by atoms with Gasteiger partial charge in [-0.25, -0.2) is 9.78 Å². The summed E-state index contributed by atoms with van der Waals surface area (Å²) >= 11 is 5.87. The normalized spacial score (nSPS) is 10.7. The Kier molecular flexibility index (Phi) is 3.04. The first-order valence-corrected chi connectivity index (χ1v) is 6.06. The maximum absolute atomic E-state index is 11.2. The average Bonchev–Trinajstić information content (AvgIpc) is 2.88. The van der Waals surface area contributed by atoms with E-state index in [0.717, 1.165) is 0 Å².